The third-order valence-electron chi connectivity index (χ3n) is 3.41. The number of anilines is 1. The molecule has 5 nitrogen and oxygen atoms in total. The Hall–Kier alpha value is -1.36. The molecule has 1 atom stereocenters. The fraction of sp³-hybridized carbons (Fsp3) is 0.667. The number of nitrogens with two attached hydrogens (primary N) is 1. The lowest BCUT2D eigenvalue weighted by Crippen LogP contribution is -2.35. The molecule has 3 N–H and O–H groups in total. The van der Waals surface area contributed by atoms with E-state index in [-0.39, 0.29) is 0 Å². The molecule has 1 fully saturated rings. The lowest BCUT2D eigenvalue weighted by atomic mass is 9.98. The second-order valence-corrected chi connectivity index (χ2v) is 4.48. The van der Waals surface area contributed by atoms with Crippen LogP contribution in [0.15, 0.2) is 12.4 Å². The third kappa shape index (κ3) is 3.06. The van der Waals surface area contributed by atoms with Crippen LogP contribution in [0.1, 0.15) is 25.7 Å². The highest BCUT2D eigenvalue weighted by Crippen LogP contribution is 2.28. The van der Waals surface area contributed by atoms with E-state index >= 15 is 0 Å². The number of nitrogens with zero attached hydrogens (tertiary/aromatic N) is 2. The zero-order chi connectivity index (χ0) is 12.1. The fourth-order valence-electron chi connectivity index (χ4n) is 2.45. The van der Waals surface area contributed by atoms with Gasteiger partial charge >= 0.3 is 0 Å². The number of hydrogen-bond donors (Lipinski definition) is 2. The normalized spacial score (nSPS) is 18.0. The molecule has 94 valence electrons. The molecule has 0 amide bonds. The van der Waals surface area contributed by atoms with Crippen molar-refractivity contribution in [3.8, 4) is 5.88 Å². The van der Waals surface area contributed by atoms with E-state index < -0.39 is 0 Å². The highest BCUT2D eigenvalue weighted by Gasteiger charge is 2.24. The van der Waals surface area contributed by atoms with Crippen LogP contribution in [0, 0.1) is 5.92 Å². The molecule has 0 bridgehead atoms. The maximum absolute atomic E-state index is 5.83. The number of methoxy groups -OCH3 is 1. The SMILES string of the molecule is COc1cc(NC(CN)C2CCCC2)ncn1. The topological polar surface area (TPSA) is 73.1 Å². The van der Waals surface area contributed by atoms with Crippen molar-refractivity contribution in [3.05, 3.63) is 12.4 Å². The van der Waals surface area contributed by atoms with Crippen molar-refractivity contribution >= 4 is 5.82 Å². The standard InChI is InChI=1S/C12H20N4O/c1-17-12-6-11(14-8-15-12)16-10(7-13)9-4-2-3-5-9/h6,8-10H,2-5,7,13H2,1H3,(H,14,15,16). The molecule has 1 heterocycles. The molecule has 1 saturated carbocycles. The first-order chi connectivity index (χ1) is 8.33. The third-order valence-corrected chi connectivity index (χ3v) is 3.41. The van der Waals surface area contributed by atoms with Gasteiger partial charge in [0.1, 0.15) is 12.1 Å². The average molecular weight is 236 g/mol. The fourth-order valence-corrected chi connectivity index (χ4v) is 2.45. The molecule has 0 radical (unpaired) electrons. The van der Waals surface area contributed by atoms with Gasteiger partial charge in [0.2, 0.25) is 5.88 Å². The van der Waals surface area contributed by atoms with E-state index in [0.717, 1.165) is 5.82 Å². The largest absolute Gasteiger partial charge is 0.481 e. The predicted molar refractivity (Wildman–Crippen MR) is 67.0 cm³/mol. The highest BCUT2D eigenvalue weighted by molar-refractivity contribution is 5.38. The van der Waals surface area contributed by atoms with Gasteiger partial charge in [0.05, 0.1) is 7.11 Å². The van der Waals surface area contributed by atoms with Gasteiger partial charge in [-0.15, -0.1) is 0 Å². The van der Waals surface area contributed by atoms with Gasteiger partial charge in [-0.2, -0.15) is 0 Å². The molecule has 2 rings (SSSR count). The molecule has 1 unspecified atom stereocenters. The first-order valence-electron chi connectivity index (χ1n) is 6.16. The second-order valence-electron chi connectivity index (χ2n) is 4.48. The maximum Gasteiger partial charge on any atom is 0.218 e. The quantitative estimate of drug-likeness (QED) is 0.808. The van der Waals surface area contributed by atoms with E-state index in [4.69, 9.17) is 10.5 Å². The van der Waals surface area contributed by atoms with E-state index in [9.17, 15) is 0 Å². The van der Waals surface area contributed by atoms with Crippen molar-refractivity contribution in [1.29, 1.82) is 0 Å². The molecule has 0 aromatic carbocycles. The van der Waals surface area contributed by atoms with E-state index in [2.05, 4.69) is 15.3 Å². The van der Waals surface area contributed by atoms with Crippen molar-refractivity contribution in [2.24, 2.45) is 11.7 Å². The molecule has 1 aliphatic carbocycles. The Morgan fingerprint density at radius 3 is 2.88 bits per heavy atom. The van der Waals surface area contributed by atoms with Crippen LogP contribution in [0.2, 0.25) is 0 Å². The Labute approximate surface area is 102 Å². The van der Waals surface area contributed by atoms with Gasteiger partial charge in [-0.1, -0.05) is 12.8 Å². The Morgan fingerprint density at radius 1 is 1.47 bits per heavy atom. The van der Waals surface area contributed by atoms with Gasteiger partial charge in [-0.3, -0.25) is 0 Å². The summed E-state index contributed by atoms with van der Waals surface area (Å²) in [5.41, 5.74) is 5.83. The monoisotopic (exact) mass is 236 g/mol. The zero-order valence-electron chi connectivity index (χ0n) is 10.2. The van der Waals surface area contributed by atoms with Crippen LogP contribution in [0.25, 0.3) is 0 Å². The minimum Gasteiger partial charge on any atom is -0.481 e. The van der Waals surface area contributed by atoms with Gasteiger partial charge in [-0.05, 0) is 18.8 Å². The summed E-state index contributed by atoms with van der Waals surface area (Å²) in [5.74, 6) is 2.03. The molecule has 17 heavy (non-hydrogen) atoms. The molecule has 0 aliphatic heterocycles. The number of ether oxygens (including phenoxy) is 1. The van der Waals surface area contributed by atoms with Gasteiger partial charge in [-0.25, -0.2) is 9.97 Å². The van der Waals surface area contributed by atoms with E-state index in [1.165, 1.54) is 32.0 Å². The van der Waals surface area contributed by atoms with Crippen LogP contribution in [-0.2, 0) is 0 Å². The number of rotatable bonds is 5. The molecule has 0 saturated heterocycles. The summed E-state index contributed by atoms with van der Waals surface area (Å²) < 4.78 is 5.07. The van der Waals surface area contributed by atoms with Crippen molar-refractivity contribution in [3.63, 3.8) is 0 Å². The summed E-state index contributed by atoms with van der Waals surface area (Å²) in [4.78, 5) is 8.17. The summed E-state index contributed by atoms with van der Waals surface area (Å²) in [6.07, 6.45) is 6.66. The van der Waals surface area contributed by atoms with Crippen LogP contribution < -0.4 is 15.8 Å². The summed E-state index contributed by atoms with van der Waals surface area (Å²) in [6, 6.07) is 2.11. The van der Waals surface area contributed by atoms with Gasteiger partial charge in [0, 0.05) is 18.7 Å². The zero-order valence-corrected chi connectivity index (χ0v) is 10.2. The van der Waals surface area contributed by atoms with Gasteiger partial charge in [0.25, 0.3) is 0 Å². The van der Waals surface area contributed by atoms with Gasteiger partial charge < -0.3 is 15.8 Å². The molecule has 1 aromatic rings. The molecular weight excluding hydrogens is 216 g/mol. The number of hydrogen-bond acceptors (Lipinski definition) is 5. The Morgan fingerprint density at radius 2 is 2.24 bits per heavy atom. The summed E-state index contributed by atoms with van der Waals surface area (Å²) >= 11 is 0. The van der Waals surface area contributed by atoms with Crippen LogP contribution in [-0.4, -0.2) is 29.7 Å². The highest BCUT2D eigenvalue weighted by atomic mass is 16.5. The maximum atomic E-state index is 5.83. The minimum atomic E-state index is 0.303. The Balaban J connectivity index is 2.01. The molecule has 0 spiro atoms. The van der Waals surface area contributed by atoms with Gasteiger partial charge in [0.15, 0.2) is 0 Å². The lowest BCUT2D eigenvalue weighted by Gasteiger charge is -2.23. The summed E-state index contributed by atoms with van der Waals surface area (Å²) in [6.45, 7) is 0.636. The van der Waals surface area contributed by atoms with Crippen LogP contribution in [0.3, 0.4) is 0 Å². The first-order valence-corrected chi connectivity index (χ1v) is 6.16. The molecule has 1 aliphatic rings. The van der Waals surface area contributed by atoms with E-state index in [0.29, 0.717) is 24.4 Å². The number of nitrogens with one attached hydrogen (secondary N) is 1. The lowest BCUT2D eigenvalue weighted by molar-refractivity contribution is 0.396. The molecule has 5 heteroatoms. The van der Waals surface area contributed by atoms with E-state index in [1.807, 2.05) is 0 Å². The van der Waals surface area contributed by atoms with Crippen molar-refractivity contribution in [1.82, 2.24) is 9.97 Å². The summed E-state index contributed by atoms with van der Waals surface area (Å²) in [5, 5.41) is 3.39. The second kappa shape index (κ2) is 5.82. The van der Waals surface area contributed by atoms with Crippen LogP contribution in [0.5, 0.6) is 5.88 Å². The van der Waals surface area contributed by atoms with Crippen LogP contribution >= 0.6 is 0 Å². The van der Waals surface area contributed by atoms with Crippen molar-refractivity contribution in [2.75, 3.05) is 19.0 Å². The predicted octanol–water partition coefficient (Wildman–Crippen LogP) is 1.41. The summed E-state index contributed by atoms with van der Waals surface area (Å²) in [7, 11) is 1.60. The number of aromatic nitrogens is 2. The van der Waals surface area contributed by atoms with Crippen molar-refractivity contribution in [2.45, 2.75) is 31.7 Å². The molecule has 1 aromatic heterocycles. The minimum absolute atomic E-state index is 0.303. The Kier molecular flexibility index (Phi) is 4.14. The Bertz CT molecular complexity index is 352. The van der Waals surface area contributed by atoms with Crippen LogP contribution in [0.4, 0.5) is 5.82 Å². The smallest absolute Gasteiger partial charge is 0.218 e. The average Bonchev–Trinajstić information content (AvgIpc) is 2.90. The van der Waals surface area contributed by atoms with E-state index in [1.54, 1.807) is 13.2 Å². The first kappa shape index (κ1) is 12.1. The molecular formula is C12H20N4O. The van der Waals surface area contributed by atoms with Crippen molar-refractivity contribution < 1.29 is 4.74 Å².